The van der Waals surface area contributed by atoms with Gasteiger partial charge in [-0.1, -0.05) is 30.7 Å². The monoisotopic (exact) mass is 232 g/mol. The van der Waals surface area contributed by atoms with Crippen LogP contribution in [0.15, 0.2) is 35.9 Å². The van der Waals surface area contributed by atoms with Gasteiger partial charge in [0, 0.05) is 5.92 Å². The Morgan fingerprint density at radius 2 is 1.88 bits per heavy atom. The molecule has 0 aromatic heterocycles. The number of phenolic OH excluding ortho intramolecular Hbond substituents is 1. The van der Waals surface area contributed by atoms with E-state index in [2.05, 4.69) is 6.08 Å². The van der Waals surface area contributed by atoms with Crippen LogP contribution in [0.5, 0.6) is 5.75 Å². The summed E-state index contributed by atoms with van der Waals surface area (Å²) in [6.45, 7) is 5.57. The van der Waals surface area contributed by atoms with Gasteiger partial charge in [0.05, 0.1) is 0 Å². The highest BCUT2D eigenvalue weighted by atomic mass is 16.3. The molecule has 1 aromatic rings. The number of hydrogen-bond acceptors (Lipinski definition) is 2. The summed E-state index contributed by atoms with van der Waals surface area (Å²) in [5.74, 6) is 0.531. The number of allylic oxidation sites excluding steroid dienone is 2. The van der Waals surface area contributed by atoms with Gasteiger partial charge in [-0.05, 0) is 44.4 Å². The van der Waals surface area contributed by atoms with Crippen molar-refractivity contribution >= 4 is 5.78 Å². The summed E-state index contributed by atoms with van der Waals surface area (Å²) in [5, 5.41) is 9.15. The topological polar surface area (TPSA) is 37.3 Å². The zero-order chi connectivity index (χ0) is 12.8. The Labute approximate surface area is 103 Å². The highest BCUT2D eigenvalue weighted by Crippen LogP contribution is 2.14. The molecular formula is C15H20O2. The van der Waals surface area contributed by atoms with Crippen molar-refractivity contribution in [1.29, 1.82) is 0 Å². The first-order valence-corrected chi connectivity index (χ1v) is 5.95. The number of carbonyl (C=O) groups is 1. The Morgan fingerprint density at radius 1 is 1.29 bits per heavy atom. The molecule has 2 nitrogen and oxygen atoms in total. The lowest BCUT2D eigenvalue weighted by molar-refractivity contribution is -0.119. The second kappa shape index (κ2) is 6.24. The molecule has 0 spiro atoms. The van der Waals surface area contributed by atoms with Crippen LogP contribution in [0.2, 0.25) is 0 Å². The van der Waals surface area contributed by atoms with Crippen molar-refractivity contribution in [3.05, 3.63) is 41.5 Å². The molecule has 1 N–H and O–H groups in total. The Morgan fingerprint density at radius 3 is 2.41 bits per heavy atom. The Balaban J connectivity index is 2.49. The van der Waals surface area contributed by atoms with Crippen LogP contribution >= 0.6 is 0 Å². The lowest BCUT2D eigenvalue weighted by Crippen LogP contribution is -2.07. The predicted molar refractivity (Wildman–Crippen MR) is 70.0 cm³/mol. The third-order valence-corrected chi connectivity index (χ3v) is 3.13. The molecule has 2 heteroatoms. The van der Waals surface area contributed by atoms with Crippen molar-refractivity contribution in [2.75, 3.05) is 0 Å². The van der Waals surface area contributed by atoms with E-state index in [4.69, 9.17) is 5.11 Å². The fourth-order valence-electron chi connectivity index (χ4n) is 1.63. The molecule has 0 heterocycles. The first kappa shape index (κ1) is 13.5. The highest BCUT2D eigenvalue weighted by Gasteiger charge is 2.08. The second-order valence-electron chi connectivity index (χ2n) is 4.49. The molecule has 0 aliphatic heterocycles. The molecular weight excluding hydrogens is 212 g/mol. The van der Waals surface area contributed by atoms with Gasteiger partial charge >= 0.3 is 0 Å². The van der Waals surface area contributed by atoms with Crippen LogP contribution in [-0.2, 0) is 11.2 Å². The number of rotatable bonds is 5. The van der Waals surface area contributed by atoms with E-state index in [0.717, 1.165) is 18.4 Å². The minimum Gasteiger partial charge on any atom is -0.508 e. The van der Waals surface area contributed by atoms with Gasteiger partial charge in [0.2, 0.25) is 0 Å². The lowest BCUT2D eigenvalue weighted by Gasteiger charge is -2.07. The fourth-order valence-corrected chi connectivity index (χ4v) is 1.63. The van der Waals surface area contributed by atoms with Gasteiger partial charge in [0.25, 0.3) is 0 Å². The highest BCUT2D eigenvalue weighted by molar-refractivity contribution is 5.80. The molecule has 0 bridgehead atoms. The van der Waals surface area contributed by atoms with Crippen molar-refractivity contribution in [3.8, 4) is 5.75 Å². The van der Waals surface area contributed by atoms with Gasteiger partial charge in [-0.2, -0.15) is 0 Å². The fraction of sp³-hybridized carbons (Fsp3) is 0.400. The van der Waals surface area contributed by atoms with E-state index < -0.39 is 0 Å². The third-order valence-electron chi connectivity index (χ3n) is 3.13. The Kier molecular flexibility index (Phi) is 4.95. The van der Waals surface area contributed by atoms with Crippen molar-refractivity contribution in [2.45, 2.75) is 33.6 Å². The Bertz CT molecular complexity index is 401. The Hall–Kier alpha value is -1.57. The molecule has 0 fully saturated rings. The zero-order valence-electron chi connectivity index (χ0n) is 10.7. The second-order valence-corrected chi connectivity index (χ2v) is 4.49. The minimum absolute atomic E-state index is 0.0230. The van der Waals surface area contributed by atoms with Crippen molar-refractivity contribution in [1.82, 2.24) is 0 Å². The molecule has 1 aromatic carbocycles. The van der Waals surface area contributed by atoms with E-state index >= 15 is 0 Å². The molecule has 0 aliphatic rings. The summed E-state index contributed by atoms with van der Waals surface area (Å²) in [4.78, 5) is 11.2. The van der Waals surface area contributed by atoms with E-state index in [1.54, 1.807) is 19.1 Å². The maximum Gasteiger partial charge on any atom is 0.136 e. The van der Waals surface area contributed by atoms with E-state index in [1.807, 2.05) is 26.0 Å². The maximum atomic E-state index is 11.2. The quantitative estimate of drug-likeness (QED) is 0.789. The summed E-state index contributed by atoms with van der Waals surface area (Å²) in [7, 11) is 0. The van der Waals surface area contributed by atoms with Crippen LogP contribution < -0.4 is 0 Å². The normalized spacial score (nSPS) is 13.5. The first-order valence-electron chi connectivity index (χ1n) is 5.95. The number of aryl methyl sites for hydroxylation is 1. The van der Waals surface area contributed by atoms with Crippen LogP contribution in [0, 0.1) is 5.92 Å². The van der Waals surface area contributed by atoms with E-state index in [0.29, 0.717) is 5.75 Å². The van der Waals surface area contributed by atoms with E-state index in [1.165, 1.54) is 5.56 Å². The maximum absolute atomic E-state index is 11.2. The summed E-state index contributed by atoms with van der Waals surface area (Å²) in [6, 6.07) is 7.24. The summed E-state index contributed by atoms with van der Waals surface area (Å²) < 4.78 is 0. The van der Waals surface area contributed by atoms with Crippen LogP contribution in [0.3, 0.4) is 0 Å². The van der Waals surface area contributed by atoms with Crippen molar-refractivity contribution in [2.24, 2.45) is 5.92 Å². The number of hydrogen-bond donors (Lipinski definition) is 1. The minimum atomic E-state index is 0.0230. The van der Waals surface area contributed by atoms with Gasteiger partial charge in [-0.3, -0.25) is 4.79 Å². The van der Waals surface area contributed by atoms with E-state index in [-0.39, 0.29) is 11.7 Å². The zero-order valence-corrected chi connectivity index (χ0v) is 10.7. The van der Waals surface area contributed by atoms with Crippen LogP contribution in [-0.4, -0.2) is 10.9 Å². The first-order chi connectivity index (χ1) is 8.00. The standard InChI is InChI=1S/C15H20O2/c1-11(12(2)13(3)16)5-4-6-14-7-9-15(17)10-8-14/h5,7-10,12,17H,4,6H2,1-3H3/b11-5+/t12-/m0/s1. The number of Topliss-reactive ketones (excluding diaryl/α,β-unsaturated/α-hetero) is 1. The molecule has 92 valence electrons. The van der Waals surface area contributed by atoms with Crippen molar-refractivity contribution in [3.63, 3.8) is 0 Å². The van der Waals surface area contributed by atoms with Gasteiger partial charge in [0.1, 0.15) is 11.5 Å². The average molecular weight is 232 g/mol. The average Bonchev–Trinajstić information content (AvgIpc) is 2.30. The van der Waals surface area contributed by atoms with Gasteiger partial charge in [0.15, 0.2) is 0 Å². The van der Waals surface area contributed by atoms with Crippen LogP contribution in [0.1, 0.15) is 32.8 Å². The molecule has 0 unspecified atom stereocenters. The number of carbonyl (C=O) groups excluding carboxylic acids is 1. The van der Waals surface area contributed by atoms with Gasteiger partial charge in [-0.25, -0.2) is 0 Å². The van der Waals surface area contributed by atoms with Gasteiger partial charge < -0.3 is 5.11 Å². The lowest BCUT2D eigenvalue weighted by atomic mass is 9.97. The molecule has 1 rings (SSSR count). The third kappa shape index (κ3) is 4.43. The number of aromatic hydroxyl groups is 1. The SMILES string of the molecule is CC(=O)[C@@H](C)/C(C)=C/CCc1ccc(O)cc1. The number of benzene rings is 1. The van der Waals surface area contributed by atoms with E-state index in [9.17, 15) is 4.79 Å². The smallest absolute Gasteiger partial charge is 0.136 e. The summed E-state index contributed by atoms with van der Waals surface area (Å²) >= 11 is 0. The molecule has 0 saturated carbocycles. The molecule has 17 heavy (non-hydrogen) atoms. The largest absolute Gasteiger partial charge is 0.508 e. The number of phenols is 1. The molecule has 0 saturated heterocycles. The molecule has 0 aliphatic carbocycles. The molecule has 0 radical (unpaired) electrons. The number of ketones is 1. The van der Waals surface area contributed by atoms with Crippen LogP contribution in [0.25, 0.3) is 0 Å². The predicted octanol–water partition coefficient (Wildman–Crippen LogP) is 3.50. The van der Waals surface area contributed by atoms with Gasteiger partial charge in [-0.15, -0.1) is 0 Å². The molecule has 0 amide bonds. The van der Waals surface area contributed by atoms with Crippen molar-refractivity contribution < 1.29 is 9.90 Å². The van der Waals surface area contributed by atoms with Crippen LogP contribution in [0.4, 0.5) is 0 Å². The molecule has 1 atom stereocenters. The summed E-state index contributed by atoms with van der Waals surface area (Å²) in [6.07, 6.45) is 3.98. The summed E-state index contributed by atoms with van der Waals surface area (Å²) in [5.41, 5.74) is 2.33.